The smallest absolute Gasteiger partial charge is 0.0483 e. The van der Waals surface area contributed by atoms with E-state index in [0.29, 0.717) is 0 Å². The highest BCUT2D eigenvalue weighted by atomic mass is 35.5. The van der Waals surface area contributed by atoms with Crippen LogP contribution in [-0.4, -0.2) is 4.57 Å². The third kappa shape index (κ3) is 1.29. The Bertz CT molecular complexity index is 502. The summed E-state index contributed by atoms with van der Waals surface area (Å²) in [5.41, 5.74) is 10.2. The average molecular weight is 223 g/mol. The predicted molar refractivity (Wildman–Crippen MR) is 65.4 cm³/mol. The van der Waals surface area contributed by atoms with Crippen molar-refractivity contribution in [2.45, 2.75) is 18.9 Å². The van der Waals surface area contributed by atoms with E-state index in [0.717, 1.165) is 12.8 Å². The first-order valence-corrected chi connectivity index (χ1v) is 5.11. The molecule has 15 heavy (non-hydrogen) atoms. The molecular weight excluding hydrogens is 208 g/mol. The Morgan fingerprint density at radius 2 is 2.07 bits per heavy atom. The summed E-state index contributed by atoms with van der Waals surface area (Å²) in [6.45, 7) is 0. The van der Waals surface area contributed by atoms with Gasteiger partial charge in [0.2, 0.25) is 0 Å². The fraction of sp³-hybridized carbons (Fsp3) is 0.333. The van der Waals surface area contributed by atoms with E-state index in [1.807, 2.05) is 0 Å². The summed E-state index contributed by atoms with van der Waals surface area (Å²) in [7, 11) is 2.12. The van der Waals surface area contributed by atoms with Crippen LogP contribution in [0.3, 0.4) is 0 Å². The van der Waals surface area contributed by atoms with Crippen molar-refractivity contribution in [1.82, 2.24) is 4.57 Å². The van der Waals surface area contributed by atoms with Crippen LogP contribution in [0.25, 0.3) is 10.9 Å². The molecule has 0 fully saturated rings. The van der Waals surface area contributed by atoms with Crippen LogP contribution >= 0.6 is 12.4 Å². The van der Waals surface area contributed by atoms with Crippen molar-refractivity contribution in [3.63, 3.8) is 0 Å². The Labute approximate surface area is 95.5 Å². The molecule has 1 aliphatic carbocycles. The molecule has 0 radical (unpaired) electrons. The molecule has 1 aromatic heterocycles. The van der Waals surface area contributed by atoms with Crippen LogP contribution in [0.1, 0.15) is 23.7 Å². The quantitative estimate of drug-likeness (QED) is 0.730. The lowest BCUT2D eigenvalue weighted by Gasteiger charge is -2.06. The summed E-state index contributed by atoms with van der Waals surface area (Å²) < 4.78 is 2.25. The molecule has 1 atom stereocenters. The van der Waals surface area contributed by atoms with Crippen molar-refractivity contribution in [2.24, 2.45) is 12.8 Å². The first-order valence-electron chi connectivity index (χ1n) is 5.11. The molecule has 3 rings (SSSR count). The van der Waals surface area contributed by atoms with Gasteiger partial charge in [0.15, 0.2) is 0 Å². The lowest BCUT2D eigenvalue weighted by Crippen LogP contribution is -2.10. The van der Waals surface area contributed by atoms with E-state index in [4.69, 9.17) is 5.73 Å². The minimum Gasteiger partial charge on any atom is -0.346 e. The van der Waals surface area contributed by atoms with Crippen LogP contribution in [-0.2, 0) is 13.5 Å². The zero-order valence-corrected chi connectivity index (χ0v) is 9.55. The highest BCUT2D eigenvalue weighted by Gasteiger charge is 2.25. The van der Waals surface area contributed by atoms with E-state index in [1.165, 1.54) is 22.2 Å². The Balaban J connectivity index is 0.000000853. The SMILES string of the molecule is Cl.Cn1c2c(c3ccccc31)CCC2N. The first-order chi connectivity index (χ1) is 6.79. The van der Waals surface area contributed by atoms with Crippen molar-refractivity contribution >= 4 is 23.3 Å². The molecule has 0 amide bonds. The van der Waals surface area contributed by atoms with Gasteiger partial charge in [0.25, 0.3) is 0 Å². The minimum atomic E-state index is 0. The Hall–Kier alpha value is -0.990. The number of benzene rings is 1. The third-order valence-corrected chi connectivity index (χ3v) is 3.32. The Morgan fingerprint density at radius 3 is 2.87 bits per heavy atom. The van der Waals surface area contributed by atoms with Gasteiger partial charge >= 0.3 is 0 Å². The van der Waals surface area contributed by atoms with Gasteiger partial charge in [-0.15, -0.1) is 12.4 Å². The van der Waals surface area contributed by atoms with Gasteiger partial charge in [-0.25, -0.2) is 0 Å². The van der Waals surface area contributed by atoms with E-state index in [-0.39, 0.29) is 18.4 Å². The molecule has 2 nitrogen and oxygen atoms in total. The van der Waals surface area contributed by atoms with Gasteiger partial charge in [0.1, 0.15) is 0 Å². The number of hydrogen-bond donors (Lipinski definition) is 1. The van der Waals surface area contributed by atoms with Crippen molar-refractivity contribution < 1.29 is 0 Å². The number of para-hydroxylation sites is 1. The monoisotopic (exact) mass is 222 g/mol. The molecule has 80 valence electrons. The molecular formula is C12H15ClN2. The second-order valence-electron chi connectivity index (χ2n) is 4.09. The number of nitrogens with two attached hydrogens (primary N) is 1. The zero-order valence-electron chi connectivity index (χ0n) is 8.73. The lowest BCUT2D eigenvalue weighted by atomic mass is 10.1. The number of hydrogen-bond acceptors (Lipinski definition) is 1. The number of rotatable bonds is 0. The van der Waals surface area contributed by atoms with Gasteiger partial charge in [0.05, 0.1) is 0 Å². The molecule has 0 saturated carbocycles. The largest absolute Gasteiger partial charge is 0.346 e. The highest BCUT2D eigenvalue weighted by molar-refractivity contribution is 5.86. The van der Waals surface area contributed by atoms with Gasteiger partial charge in [-0.05, 0) is 24.5 Å². The van der Waals surface area contributed by atoms with Gasteiger partial charge in [-0.2, -0.15) is 0 Å². The third-order valence-electron chi connectivity index (χ3n) is 3.32. The number of halogens is 1. The Kier molecular flexibility index (Phi) is 2.49. The molecule has 3 heteroatoms. The standard InChI is InChI=1S/C12H14N2.ClH/c1-14-11-5-3-2-4-8(11)9-6-7-10(13)12(9)14;/h2-5,10H,6-7,13H2,1H3;1H. The molecule has 1 aliphatic rings. The van der Waals surface area contributed by atoms with E-state index >= 15 is 0 Å². The maximum absolute atomic E-state index is 6.09. The Morgan fingerprint density at radius 1 is 1.33 bits per heavy atom. The van der Waals surface area contributed by atoms with E-state index in [9.17, 15) is 0 Å². The van der Waals surface area contributed by atoms with Crippen LogP contribution in [0.5, 0.6) is 0 Å². The predicted octanol–water partition coefficient (Wildman–Crippen LogP) is 2.55. The molecule has 2 N–H and O–H groups in total. The molecule has 1 heterocycles. The maximum atomic E-state index is 6.09. The number of nitrogens with zero attached hydrogens (tertiary/aromatic N) is 1. The van der Waals surface area contributed by atoms with Gasteiger partial charge < -0.3 is 10.3 Å². The normalized spacial score (nSPS) is 18.9. The topological polar surface area (TPSA) is 30.9 Å². The summed E-state index contributed by atoms with van der Waals surface area (Å²) in [6.07, 6.45) is 2.24. The van der Waals surface area contributed by atoms with Crippen molar-refractivity contribution in [3.05, 3.63) is 35.5 Å². The first kappa shape index (κ1) is 10.5. The average Bonchev–Trinajstić information content (AvgIpc) is 2.70. The summed E-state index contributed by atoms with van der Waals surface area (Å²) >= 11 is 0. The molecule has 2 aromatic rings. The van der Waals surface area contributed by atoms with Crippen molar-refractivity contribution in [1.29, 1.82) is 0 Å². The molecule has 0 bridgehead atoms. The van der Waals surface area contributed by atoms with Gasteiger partial charge in [-0.3, -0.25) is 0 Å². The maximum Gasteiger partial charge on any atom is 0.0483 e. The van der Waals surface area contributed by atoms with Gasteiger partial charge in [-0.1, -0.05) is 18.2 Å². The fourth-order valence-corrected chi connectivity index (χ4v) is 2.66. The molecule has 0 aliphatic heterocycles. The molecule has 0 saturated heterocycles. The van der Waals surface area contributed by atoms with Gasteiger partial charge in [0, 0.05) is 29.7 Å². The molecule has 0 spiro atoms. The second kappa shape index (κ2) is 3.54. The summed E-state index contributed by atoms with van der Waals surface area (Å²) in [6, 6.07) is 8.80. The summed E-state index contributed by atoms with van der Waals surface area (Å²) in [4.78, 5) is 0. The molecule has 1 aromatic carbocycles. The van der Waals surface area contributed by atoms with E-state index in [1.54, 1.807) is 0 Å². The van der Waals surface area contributed by atoms with Crippen molar-refractivity contribution in [2.75, 3.05) is 0 Å². The van der Waals surface area contributed by atoms with Crippen molar-refractivity contribution in [3.8, 4) is 0 Å². The van der Waals surface area contributed by atoms with Crippen LogP contribution in [0, 0.1) is 0 Å². The minimum absolute atomic E-state index is 0. The summed E-state index contributed by atoms with van der Waals surface area (Å²) in [5.74, 6) is 0. The van der Waals surface area contributed by atoms with E-state index in [2.05, 4.69) is 35.9 Å². The zero-order chi connectivity index (χ0) is 9.71. The summed E-state index contributed by atoms with van der Waals surface area (Å²) in [5, 5.41) is 1.39. The van der Waals surface area contributed by atoms with E-state index < -0.39 is 0 Å². The second-order valence-corrected chi connectivity index (χ2v) is 4.09. The molecule has 1 unspecified atom stereocenters. The number of fused-ring (bicyclic) bond motifs is 3. The number of aromatic nitrogens is 1. The van der Waals surface area contributed by atoms with Crippen LogP contribution in [0.2, 0.25) is 0 Å². The number of aryl methyl sites for hydroxylation is 2. The highest BCUT2D eigenvalue weighted by Crippen LogP contribution is 2.36. The van der Waals surface area contributed by atoms with Crippen LogP contribution in [0.4, 0.5) is 0 Å². The lowest BCUT2D eigenvalue weighted by molar-refractivity contribution is 0.668. The fourth-order valence-electron chi connectivity index (χ4n) is 2.66. The van der Waals surface area contributed by atoms with Crippen LogP contribution < -0.4 is 5.73 Å². The van der Waals surface area contributed by atoms with Crippen LogP contribution in [0.15, 0.2) is 24.3 Å².